The summed E-state index contributed by atoms with van der Waals surface area (Å²) in [5, 5.41) is 0. The molecule has 0 heterocycles. The monoisotopic (exact) mass is 653 g/mol. The molecule has 0 aliphatic rings. The Morgan fingerprint density at radius 1 is 0.444 bits per heavy atom. The maximum Gasteiger partial charge on any atom is 0.620 e. The normalized spacial score (nSPS) is 11.3. The summed E-state index contributed by atoms with van der Waals surface area (Å²) in [6, 6.07) is 0. The van der Waals surface area contributed by atoms with E-state index < -0.39 is 9.53 Å². The van der Waals surface area contributed by atoms with Crippen LogP contribution in [0.15, 0.2) is 12.7 Å². The number of carbonyl (C=O) groups is 2. The molecule has 0 rings (SSSR count). The van der Waals surface area contributed by atoms with Crippen LogP contribution in [0.25, 0.3) is 0 Å². The molecule has 0 aliphatic carbocycles. The molecule has 0 aliphatic heterocycles. The van der Waals surface area contributed by atoms with Crippen molar-refractivity contribution >= 4 is 21.5 Å². The van der Waals surface area contributed by atoms with Gasteiger partial charge < -0.3 is 13.3 Å². The highest BCUT2D eigenvalue weighted by atomic mass is 28.3. The van der Waals surface area contributed by atoms with E-state index in [1.54, 1.807) is 6.08 Å². The van der Waals surface area contributed by atoms with Crippen LogP contribution < -0.4 is 0 Å². The molecule has 45 heavy (non-hydrogen) atoms. The van der Waals surface area contributed by atoms with E-state index in [0.29, 0.717) is 12.8 Å². The van der Waals surface area contributed by atoms with Crippen LogP contribution in [0.1, 0.15) is 219 Å². The lowest BCUT2D eigenvalue weighted by Crippen LogP contribution is -2.32. The summed E-state index contributed by atoms with van der Waals surface area (Å²) >= 11 is 0. The fourth-order valence-electron chi connectivity index (χ4n) is 5.85. The van der Waals surface area contributed by atoms with Crippen LogP contribution in [0, 0.1) is 0 Å². The minimum atomic E-state index is -2.83. The van der Waals surface area contributed by atoms with Crippen molar-refractivity contribution in [2.45, 2.75) is 219 Å². The lowest BCUT2D eigenvalue weighted by Gasteiger charge is -2.15. The summed E-state index contributed by atoms with van der Waals surface area (Å²) in [4.78, 5) is 24.7. The Morgan fingerprint density at radius 3 is 0.933 bits per heavy atom. The van der Waals surface area contributed by atoms with Gasteiger partial charge in [0.1, 0.15) is 0 Å². The van der Waals surface area contributed by atoms with E-state index in [0.717, 1.165) is 38.5 Å². The second-order valence-electron chi connectivity index (χ2n) is 13.3. The highest BCUT2D eigenvalue weighted by Gasteiger charge is 2.24. The maximum atomic E-state index is 12.4. The van der Waals surface area contributed by atoms with Gasteiger partial charge in [-0.1, -0.05) is 200 Å². The molecule has 0 atom stereocenters. The summed E-state index contributed by atoms with van der Waals surface area (Å²) in [5.74, 6) is -0.629. The van der Waals surface area contributed by atoms with Crippen molar-refractivity contribution in [3.63, 3.8) is 0 Å². The number of hydrogen-bond acceptors (Lipinski definition) is 5. The zero-order chi connectivity index (χ0) is 32.9. The third-order valence-corrected chi connectivity index (χ3v) is 10.1. The van der Waals surface area contributed by atoms with Crippen molar-refractivity contribution in [1.29, 1.82) is 0 Å². The summed E-state index contributed by atoms with van der Waals surface area (Å²) in [6.07, 6.45) is 41.0. The first-order valence-corrected chi connectivity index (χ1v) is 21.2. The molecule has 266 valence electrons. The average Bonchev–Trinajstić information content (AvgIpc) is 3.03. The van der Waals surface area contributed by atoms with E-state index >= 15 is 0 Å². The number of hydrogen-bond donors (Lipinski definition) is 0. The Kier molecular flexibility index (Phi) is 36.4. The first kappa shape index (κ1) is 43.9. The summed E-state index contributed by atoms with van der Waals surface area (Å²) in [5.41, 5.74) is 0. The largest absolute Gasteiger partial charge is 0.620 e. The Hall–Kier alpha value is -1.14. The molecule has 0 fully saturated rings. The lowest BCUT2D eigenvalue weighted by molar-refractivity contribution is -0.143. The van der Waals surface area contributed by atoms with Crippen molar-refractivity contribution in [3.8, 4) is 0 Å². The Labute approximate surface area is 282 Å². The Morgan fingerprint density at radius 2 is 0.689 bits per heavy atom. The molecule has 0 saturated heterocycles. The molecule has 0 amide bonds. The molecule has 0 unspecified atom stereocenters. The fraction of sp³-hybridized carbons (Fsp3) is 0.897. The van der Waals surface area contributed by atoms with Crippen molar-refractivity contribution < 1.29 is 22.9 Å². The van der Waals surface area contributed by atoms with Crippen molar-refractivity contribution in [2.75, 3.05) is 6.61 Å². The average molecular weight is 653 g/mol. The van der Waals surface area contributed by atoms with E-state index in [2.05, 4.69) is 20.4 Å². The van der Waals surface area contributed by atoms with Crippen molar-refractivity contribution in [3.05, 3.63) is 12.7 Å². The number of carbonyl (C=O) groups excluding carboxylic acids is 2. The summed E-state index contributed by atoms with van der Waals surface area (Å²) in [6.45, 7) is 8.41. The van der Waals surface area contributed by atoms with Gasteiger partial charge in [-0.15, -0.1) is 6.58 Å². The molecule has 0 spiro atoms. The fourth-order valence-corrected chi connectivity index (χ4v) is 6.99. The molecule has 0 radical (unpaired) electrons. The third kappa shape index (κ3) is 35.6. The topological polar surface area (TPSA) is 61.8 Å². The molecule has 0 aromatic heterocycles. The quantitative estimate of drug-likeness (QED) is 0.0379. The Bertz CT molecular complexity index is 593. The van der Waals surface area contributed by atoms with Crippen LogP contribution in [-0.2, 0) is 22.9 Å². The lowest BCUT2D eigenvalue weighted by atomic mass is 10.0. The van der Waals surface area contributed by atoms with Gasteiger partial charge in [0.05, 0.1) is 6.61 Å². The molecule has 6 heteroatoms. The Balaban J connectivity index is 3.71. The zero-order valence-corrected chi connectivity index (χ0v) is 31.4. The predicted octanol–water partition coefficient (Wildman–Crippen LogP) is 12.5. The van der Waals surface area contributed by atoms with E-state index in [1.165, 1.54) is 154 Å². The van der Waals surface area contributed by atoms with Gasteiger partial charge in [0.15, 0.2) is 0 Å². The number of rotatable bonds is 37. The third-order valence-electron chi connectivity index (χ3n) is 8.77. The van der Waals surface area contributed by atoms with E-state index in [-0.39, 0.29) is 18.5 Å². The SMILES string of the molecule is C=CCO[SiH](OC(=O)CCCCCCCCCCCCCCCCC)OC(=O)CCCCCCCCCCCCCCCCC. The maximum absolute atomic E-state index is 12.4. The van der Waals surface area contributed by atoms with Crippen molar-refractivity contribution in [1.82, 2.24) is 0 Å². The summed E-state index contributed by atoms with van der Waals surface area (Å²) < 4.78 is 16.4. The van der Waals surface area contributed by atoms with Gasteiger partial charge in [0.25, 0.3) is 11.9 Å². The van der Waals surface area contributed by atoms with Crippen molar-refractivity contribution in [2.24, 2.45) is 0 Å². The van der Waals surface area contributed by atoms with Crippen LogP contribution >= 0.6 is 0 Å². The molecule has 0 bridgehead atoms. The summed E-state index contributed by atoms with van der Waals surface area (Å²) in [7, 11) is -2.83. The van der Waals surface area contributed by atoms with Gasteiger partial charge in [-0.05, 0) is 12.8 Å². The number of unbranched alkanes of at least 4 members (excludes halogenated alkanes) is 28. The van der Waals surface area contributed by atoms with E-state index in [9.17, 15) is 9.59 Å². The molecule has 0 aromatic rings. The zero-order valence-electron chi connectivity index (χ0n) is 30.2. The van der Waals surface area contributed by atoms with Gasteiger partial charge in [0, 0.05) is 12.8 Å². The molecular weight excluding hydrogens is 577 g/mol. The first-order chi connectivity index (χ1) is 22.1. The van der Waals surface area contributed by atoms with E-state index in [4.69, 9.17) is 13.3 Å². The van der Waals surface area contributed by atoms with Crippen LogP contribution in [0.3, 0.4) is 0 Å². The van der Waals surface area contributed by atoms with Gasteiger partial charge in [-0.3, -0.25) is 9.59 Å². The standard InChI is InChI=1S/C39H76O5Si/c1-4-7-9-11-13-15-17-19-21-23-25-27-29-31-33-35-38(40)43-45(42-37-6-3)44-39(41)36-34-32-30-28-26-24-22-20-18-16-14-12-10-8-5-2/h6,45H,3-5,7-37H2,1-2H3. The van der Waals surface area contributed by atoms with Crippen LogP contribution in [0.5, 0.6) is 0 Å². The van der Waals surface area contributed by atoms with Gasteiger partial charge in [0.2, 0.25) is 0 Å². The molecule has 0 N–H and O–H groups in total. The van der Waals surface area contributed by atoms with E-state index in [1.807, 2.05) is 0 Å². The minimum absolute atomic E-state index is 0.218. The highest BCUT2D eigenvalue weighted by Crippen LogP contribution is 2.16. The predicted molar refractivity (Wildman–Crippen MR) is 195 cm³/mol. The molecule has 0 saturated carbocycles. The van der Waals surface area contributed by atoms with Crippen LogP contribution in [0.2, 0.25) is 0 Å². The van der Waals surface area contributed by atoms with Gasteiger partial charge in [-0.25, -0.2) is 0 Å². The first-order valence-electron chi connectivity index (χ1n) is 19.8. The van der Waals surface area contributed by atoms with Crippen LogP contribution in [0.4, 0.5) is 0 Å². The molecule has 0 aromatic carbocycles. The van der Waals surface area contributed by atoms with Gasteiger partial charge >= 0.3 is 9.53 Å². The van der Waals surface area contributed by atoms with Gasteiger partial charge in [-0.2, -0.15) is 0 Å². The van der Waals surface area contributed by atoms with Crippen LogP contribution in [-0.4, -0.2) is 28.1 Å². The molecule has 5 nitrogen and oxygen atoms in total. The second-order valence-corrected chi connectivity index (χ2v) is 14.7. The second kappa shape index (κ2) is 37.3. The highest BCUT2D eigenvalue weighted by molar-refractivity contribution is 6.41. The minimum Gasteiger partial charge on any atom is -0.467 e. The smallest absolute Gasteiger partial charge is 0.467 e. The molecular formula is C39H76O5Si.